The quantitative estimate of drug-likeness (QED) is 0.841. The standard InChI is InChI=1S/C13H19NO2S/c1-14(9-12(15)10-4-5-10)13(16)7-6-11-3-2-8-17-11/h2-3,8,10,12,15H,4-7,9H2,1H3. The monoisotopic (exact) mass is 253 g/mol. The van der Waals surface area contributed by atoms with Crippen LogP contribution in [0, 0.1) is 5.92 Å². The van der Waals surface area contributed by atoms with Crippen molar-refractivity contribution < 1.29 is 9.90 Å². The summed E-state index contributed by atoms with van der Waals surface area (Å²) in [6.07, 6.45) is 3.23. The molecule has 0 aliphatic heterocycles. The van der Waals surface area contributed by atoms with Crippen LogP contribution in [0.1, 0.15) is 24.1 Å². The van der Waals surface area contributed by atoms with Gasteiger partial charge in [-0.15, -0.1) is 11.3 Å². The highest BCUT2D eigenvalue weighted by atomic mass is 32.1. The molecule has 0 bridgehead atoms. The predicted octanol–water partition coefficient (Wildman–Crippen LogP) is 1.91. The van der Waals surface area contributed by atoms with Gasteiger partial charge in [-0.25, -0.2) is 0 Å². The topological polar surface area (TPSA) is 40.5 Å². The normalized spacial score (nSPS) is 16.8. The van der Waals surface area contributed by atoms with E-state index in [0.717, 1.165) is 19.3 Å². The summed E-state index contributed by atoms with van der Waals surface area (Å²) in [7, 11) is 1.78. The number of aryl methyl sites for hydroxylation is 1. The van der Waals surface area contributed by atoms with Gasteiger partial charge in [-0.1, -0.05) is 6.07 Å². The van der Waals surface area contributed by atoms with Gasteiger partial charge >= 0.3 is 0 Å². The van der Waals surface area contributed by atoms with E-state index in [0.29, 0.717) is 18.9 Å². The Morgan fingerprint density at radius 2 is 2.41 bits per heavy atom. The van der Waals surface area contributed by atoms with Crippen molar-refractivity contribution in [3.63, 3.8) is 0 Å². The second-order valence-corrected chi connectivity index (χ2v) is 5.79. The third-order valence-corrected chi connectivity index (χ3v) is 4.15. The molecule has 0 saturated heterocycles. The van der Waals surface area contributed by atoms with Crippen molar-refractivity contribution in [2.24, 2.45) is 5.92 Å². The summed E-state index contributed by atoms with van der Waals surface area (Å²) in [6.45, 7) is 0.480. The summed E-state index contributed by atoms with van der Waals surface area (Å²) in [4.78, 5) is 14.7. The van der Waals surface area contributed by atoms with E-state index in [1.807, 2.05) is 11.4 Å². The maximum atomic E-state index is 11.8. The number of rotatable bonds is 6. The smallest absolute Gasteiger partial charge is 0.222 e. The summed E-state index contributed by atoms with van der Waals surface area (Å²) >= 11 is 1.69. The van der Waals surface area contributed by atoms with E-state index in [9.17, 15) is 9.90 Å². The van der Waals surface area contributed by atoms with Gasteiger partial charge in [-0.3, -0.25) is 4.79 Å². The highest BCUT2D eigenvalue weighted by Crippen LogP contribution is 2.32. The fraction of sp³-hybridized carbons (Fsp3) is 0.615. The van der Waals surface area contributed by atoms with Crippen LogP contribution in [0.5, 0.6) is 0 Å². The Hall–Kier alpha value is -0.870. The Morgan fingerprint density at radius 3 is 3.00 bits per heavy atom. The zero-order valence-corrected chi connectivity index (χ0v) is 10.9. The van der Waals surface area contributed by atoms with E-state index in [4.69, 9.17) is 0 Å². The molecule has 1 saturated carbocycles. The minimum Gasteiger partial charge on any atom is -0.391 e. The van der Waals surface area contributed by atoms with Crippen LogP contribution in [0.4, 0.5) is 0 Å². The number of hydrogen-bond donors (Lipinski definition) is 1. The maximum Gasteiger partial charge on any atom is 0.222 e. The summed E-state index contributed by atoms with van der Waals surface area (Å²) in [5.41, 5.74) is 0. The second kappa shape index (κ2) is 5.65. The number of aliphatic hydroxyl groups excluding tert-OH is 1. The van der Waals surface area contributed by atoms with Crippen molar-refractivity contribution in [3.05, 3.63) is 22.4 Å². The van der Waals surface area contributed by atoms with Crippen LogP contribution in [0.25, 0.3) is 0 Å². The van der Waals surface area contributed by atoms with Crippen LogP contribution in [-0.4, -0.2) is 35.6 Å². The van der Waals surface area contributed by atoms with Crippen molar-refractivity contribution in [2.75, 3.05) is 13.6 Å². The summed E-state index contributed by atoms with van der Waals surface area (Å²) < 4.78 is 0. The fourth-order valence-corrected chi connectivity index (χ4v) is 2.60. The van der Waals surface area contributed by atoms with Gasteiger partial charge in [0, 0.05) is 24.9 Å². The van der Waals surface area contributed by atoms with Gasteiger partial charge in [0.05, 0.1) is 6.10 Å². The lowest BCUT2D eigenvalue weighted by atomic mass is 10.2. The molecule has 1 unspecified atom stereocenters. The first-order valence-corrected chi connectivity index (χ1v) is 6.99. The van der Waals surface area contributed by atoms with Crippen LogP contribution in [-0.2, 0) is 11.2 Å². The van der Waals surface area contributed by atoms with Crippen molar-refractivity contribution in [2.45, 2.75) is 31.8 Å². The van der Waals surface area contributed by atoms with E-state index in [2.05, 4.69) is 6.07 Å². The number of aliphatic hydroxyl groups is 1. The average molecular weight is 253 g/mol. The number of hydrogen-bond acceptors (Lipinski definition) is 3. The highest BCUT2D eigenvalue weighted by molar-refractivity contribution is 7.09. The zero-order valence-electron chi connectivity index (χ0n) is 10.1. The van der Waals surface area contributed by atoms with Crippen molar-refractivity contribution >= 4 is 17.2 Å². The molecule has 1 aromatic heterocycles. The molecule has 1 atom stereocenters. The van der Waals surface area contributed by atoms with Crippen molar-refractivity contribution in [1.82, 2.24) is 4.90 Å². The molecule has 0 aromatic carbocycles. The lowest BCUT2D eigenvalue weighted by Crippen LogP contribution is -2.35. The number of carbonyl (C=O) groups excluding carboxylic acids is 1. The molecule has 1 fully saturated rings. The lowest BCUT2D eigenvalue weighted by molar-refractivity contribution is -0.131. The van der Waals surface area contributed by atoms with Crippen LogP contribution >= 0.6 is 11.3 Å². The minimum absolute atomic E-state index is 0.123. The Morgan fingerprint density at radius 1 is 1.65 bits per heavy atom. The third kappa shape index (κ3) is 3.82. The molecule has 1 heterocycles. The summed E-state index contributed by atoms with van der Waals surface area (Å²) in [6, 6.07) is 4.06. The first kappa shape index (κ1) is 12.6. The predicted molar refractivity (Wildman–Crippen MR) is 69.0 cm³/mol. The van der Waals surface area contributed by atoms with Gasteiger partial charge in [0.25, 0.3) is 0 Å². The highest BCUT2D eigenvalue weighted by Gasteiger charge is 2.30. The average Bonchev–Trinajstić information content (AvgIpc) is 3.04. The van der Waals surface area contributed by atoms with Gasteiger partial charge in [-0.2, -0.15) is 0 Å². The first-order chi connectivity index (χ1) is 8.16. The Kier molecular flexibility index (Phi) is 4.18. The Bertz CT molecular complexity index is 360. The molecule has 2 rings (SSSR count). The third-order valence-electron chi connectivity index (χ3n) is 3.22. The van der Waals surface area contributed by atoms with Crippen LogP contribution in [0.3, 0.4) is 0 Å². The molecule has 1 amide bonds. The van der Waals surface area contributed by atoms with E-state index in [-0.39, 0.29) is 12.0 Å². The van der Waals surface area contributed by atoms with E-state index >= 15 is 0 Å². The number of carbonyl (C=O) groups is 1. The molecule has 1 aliphatic rings. The summed E-state index contributed by atoms with van der Waals surface area (Å²) in [5, 5.41) is 11.8. The first-order valence-electron chi connectivity index (χ1n) is 6.11. The van der Waals surface area contributed by atoms with Crippen LogP contribution in [0.15, 0.2) is 17.5 Å². The van der Waals surface area contributed by atoms with Gasteiger partial charge in [0.1, 0.15) is 0 Å². The van der Waals surface area contributed by atoms with Gasteiger partial charge in [0.2, 0.25) is 5.91 Å². The molecular weight excluding hydrogens is 234 g/mol. The molecule has 3 nitrogen and oxygen atoms in total. The number of nitrogens with zero attached hydrogens (tertiary/aromatic N) is 1. The van der Waals surface area contributed by atoms with Crippen molar-refractivity contribution in [3.8, 4) is 0 Å². The van der Waals surface area contributed by atoms with Gasteiger partial charge in [0.15, 0.2) is 0 Å². The number of amides is 1. The largest absolute Gasteiger partial charge is 0.391 e. The van der Waals surface area contributed by atoms with Gasteiger partial charge in [-0.05, 0) is 36.6 Å². The molecule has 1 N–H and O–H groups in total. The van der Waals surface area contributed by atoms with E-state index in [1.54, 1.807) is 23.3 Å². The van der Waals surface area contributed by atoms with E-state index in [1.165, 1.54) is 4.88 Å². The molecule has 0 spiro atoms. The lowest BCUT2D eigenvalue weighted by Gasteiger charge is -2.20. The van der Waals surface area contributed by atoms with Crippen molar-refractivity contribution in [1.29, 1.82) is 0 Å². The van der Waals surface area contributed by atoms with Crippen LogP contribution in [0.2, 0.25) is 0 Å². The molecule has 94 valence electrons. The zero-order chi connectivity index (χ0) is 12.3. The second-order valence-electron chi connectivity index (χ2n) is 4.76. The molecule has 0 radical (unpaired) electrons. The Labute approximate surface area is 106 Å². The molecule has 1 aromatic rings. The summed E-state index contributed by atoms with van der Waals surface area (Å²) in [5.74, 6) is 0.556. The minimum atomic E-state index is -0.328. The molecule has 4 heteroatoms. The van der Waals surface area contributed by atoms with Gasteiger partial charge < -0.3 is 10.0 Å². The molecule has 1 aliphatic carbocycles. The number of likely N-dealkylation sites (N-methyl/N-ethyl adjacent to an activating group) is 1. The van der Waals surface area contributed by atoms with Crippen LogP contribution < -0.4 is 0 Å². The number of thiophene rings is 1. The van der Waals surface area contributed by atoms with E-state index < -0.39 is 0 Å². The Balaban J connectivity index is 1.71. The molecule has 17 heavy (non-hydrogen) atoms. The molecular formula is C13H19NO2S. The maximum absolute atomic E-state index is 11.8. The SMILES string of the molecule is CN(CC(O)C1CC1)C(=O)CCc1cccs1. The fourth-order valence-electron chi connectivity index (χ4n) is 1.89.